The molecule has 0 aliphatic carbocycles. The van der Waals surface area contributed by atoms with Crippen LogP contribution in [0.25, 0.3) is 0 Å². The fourth-order valence-electron chi connectivity index (χ4n) is 1.24. The molecular weight excluding hydrogens is 316 g/mol. The first-order valence-corrected chi connectivity index (χ1v) is 7.19. The van der Waals surface area contributed by atoms with Crippen molar-refractivity contribution >= 4 is 39.9 Å². The van der Waals surface area contributed by atoms with Gasteiger partial charge in [-0.2, -0.15) is 0 Å². The molecule has 0 aliphatic heterocycles. The predicted molar refractivity (Wildman–Crippen MR) is 76.1 cm³/mol. The summed E-state index contributed by atoms with van der Waals surface area (Å²) in [7, 11) is 0. The van der Waals surface area contributed by atoms with Crippen molar-refractivity contribution in [1.29, 1.82) is 0 Å². The van der Waals surface area contributed by atoms with Crippen LogP contribution in [0.2, 0.25) is 0 Å². The minimum absolute atomic E-state index is 0.189. The lowest BCUT2D eigenvalue weighted by Crippen LogP contribution is -2.24. The molecule has 1 aromatic carbocycles. The highest BCUT2D eigenvalue weighted by molar-refractivity contribution is 9.10. The number of aldehydes is 1. The van der Waals surface area contributed by atoms with Crippen molar-refractivity contribution in [2.24, 2.45) is 0 Å². The standard InChI is InChI=1S/C13H15BrO3S/c1-13(2,3)17-12(16)8-18-11-6-10(14)5-4-9(11)7-15/h4-7H,8H2,1-3H3. The smallest absolute Gasteiger partial charge is 0.316 e. The average molecular weight is 331 g/mol. The molecule has 5 heteroatoms. The zero-order chi connectivity index (χ0) is 13.8. The number of halogens is 1. The van der Waals surface area contributed by atoms with Crippen LogP contribution >= 0.6 is 27.7 Å². The Bertz CT molecular complexity index is 452. The van der Waals surface area contributed by atoms with Crippen LogP contribution in [0.3, 0.4) is 0 Å². The van der Waals surface area contributed by atoms with E-state index in [-0.39, 0.29) is 11.7 Å². The lowest BCUT2D eigenvalue weighted by molar-refractivity contribution is -0.151. The summed E-state index contributed by atoms with van der Waals surface area (Å²) < 4.78 is 6.08. The molecule has 1 aromatic rings. The Labute approximate surface area is 119 Å². The van der Waals surface area contributed by atoms with Gasteiger partial charge < -0.3 is 4.74 Å². The van der Waals surface area contributed by atoms with Gasteiger partial charge in [-0.25, -0.2) is 0 Å². The van der Waals surface area contributed by atoms with Crippen LogP contribution in [0.15, 0.2) is 27.6 Å². The Kier molecular flexibility index (Phi) is 5.41. The summed E-state index contributed by atoms with van der Waals surface area (Å²) in [5.74, 6) is -0.0986. The van der Waals surface area contributed by atoms with Crippen LogP contribution in [-0.2, 0) is 9.53 Å². The van der Waals surface area contributed by atoms with E-state index in [4.69, 9.17) is 4.74 Å². The van der Waals surface area contributed by atoms with Crippen molar-refractivity contribution in [2.75, 3.05) is 5.75 Å². The van der Waals surface area contributed by atoms with Crippen molar-refractivity contribution in [3.8, 4) is 0 Å². The normalized spacial score (nSPS) is 11.1. The molecule has 0 heterocycles. The van der Waals surface area contributed by atoms with Gasteiger partial charge in [-0.05, 0) is 39.0 Å². The number of carbonyl (C=O) groups excluding carboxylic acids is 2. The van der Waals surface area contributed by atoms with Crippen LogP contribution in [-0.4, -0.2) is 23.6 Å². The van der Waals surface area contributed by atoms with Gasteiger partial charge in [0.2, 0.25) is 0 Å². The molecule has 0 aromatic heterocycles. The minimum Gasteiger partial charge on any atom is -0.459 e. The molecule has 0 bridgehead atoms. The predicted octanol–water partition coefficient (Wildman–Crippen LogP) is 3.70. The van der Waals surface area contributed by atoms with Crippen LogP contribution < -0.4 is 0 Å². The number of benzene rings is 1. The van der Waals surface area contributed by atoms with E-state index in [9.17, 15) is 9.59 Å². The summed E-state index contributed by atoms with van der Waals surface area (Å²) in [5, 5.41) is 0. The second-order valence-corrected chi connectivity index (χ2v) is 6.61. The van der Waals surface area contributed by atoms with Crippen LogP contribution in [0.5, 0.6) is 0 Å². The maximum atomic E-state index is 11.6. The first kappa shape index (κ1) is 15.2. The zero-order valence-corrected chi connectivity index (χ0v) is 12.9. The summed E-state index contributed by atoms with van der Waals surface area (Å²) in [5.41, 5.74) is 0.0920. The number of hydrogen-bond acceptors (Lipinski definition) is 4. The minimum atomic E-state index is -0.484. The maximum absolute atomic E-state index is 11.6. The molecule has 0 unspecified atom stereocenters. The van der Waals surface area contributed by atoms with Gasteiger partial charge >= 0.3 is 5.97 Å². The molecule has 3 nitrogen and oxygen atoms in total. The molecule has 0 fully saturated rings. The average Bonchev–Trinajstić information content (AvgIpc) is 2.24. The zero-order valence-electron chi connectivity index (χ0n) is 10.5. The van der Waals surface area contributed by atoms with Crippen LogP contribution in [0.1, 0.15) is 31.1 Å². The van der Waals surface area contributed by atoms with Gasteiger partial charge in [-0.15, -0.1) is 11.8 Å². The van der Waals surface area contributed by atoms with E-state index < -0.39 is 5.60 Å². The van der Waals surface area contributed by atoms with E-state index in [1.54, 1.807) is 12.1 Å². The summed E-state index contributed by atoms with van der Waals surface area (Å²) in [4.78, 5) is 23.2. The Hall–Kier alpha value is -0.810. The van der Waals surface area contributed by atoms with E-state index in [1.165, 1.54) is 11.8 Å². The maximum Gasteiger partial charge on any atom is 0.316 e. The molecule has 18 heavy (non-hydrogen) atoms. The number of rotatable bonds is 4. The quantitative estimate of drug-likeness (QED) is 0.479. The fraction of sp³-hybridized carbons (Fsp3) is 0.385. The summed E-state index contributed by atoms with van der Waals surface area (Å²) in [6.07, 6.45) is 0.782. The third-order valence-electron chi connectivity index (χ3n) is 1.87. The van der Waals surface area contributed by atoms with Gasteiger partial charge in [-0.3, -0.25) is 9.59 Å². The lowest BCUT2D eigenvalue weighted by atomic mass is 10.2. The first-order valence-electron chi connectivity index (χ1n) is 5.41. The monoisotopic (exact) mass is 330 g/mol. The molecule has 0 saturated heterocycles. The van der Waals surface area contributed by atoms with Gasteiger partial charge in [0.1, 0.15) is 5.60 Å². The molecule has 0 spiro atoms. The molecule has 0 N–H and O–H groups in total. The van der Waals surface area contributed by atoms with E-state index in [2.05, 4.69) is 15.9 Å². The largest absolute Gasteiger partial charge is 0.459 e. The van der Waals surface area contributed by atoms with Crippen molar-refractivity contribution in [3.63, 3.8) is 0 Å². The van der Waals surface area contributed by atoms with Gasteiger partial charge in [0.15, 0.2) is 6.29 Å². The Morgan fingerprint density at radius 2 is 2.11 bits per heavy atom. The Balaban J connectivity index is 2.66. The molecule has 1 rings (SSSR count). The molecule has 0 amide bonds. The second-order valence-electron chi connectivity index (χ2n) is 4.68. The van der Waals surface area contributed by atoms with Crippen LogP contribution in [0, 0.1) is 0 Å². The topological polar surface area (TPSA) is 43.4 Å². The number of esters is 1. The van der Waals surface area contributed by atoms with E-state index in [0.717, 1.165) is 15.7 Å². The van der Waals surface area contributed by atoms with E-state index >= 15 is 0 Å². The van der Waals surface area contributed by atoms with Gasteiger partial charge in [0.05, 0.1) is 5.75 Å². The second kappa shape index (κ2) is 6.38. The highest BCUT2D eigenvalue weighted by atomic mass is 79.9. The number of carbonyl (C=O) groups is 2. The number of thioether (sulfide) groups is 1. The molecule has 0 radical (unpaired) electrons. The highest BCUT2D eigenvalue weighted by Crippen LogP contribution is 2.26. The van der Waals surface area contributed by atoms with Crippen LogP contribution in [0.4, 0.5) is 0 Å². The lowest BCUT2D eigenvalue weighted by Gasteiger charge is -2.19. The van der Waals surface area contributed by atoms with E-state index in [0.29, 0.717) is 5.56 Å². The van der Waals surface area contributed by atoms with Gasteiger partial charge in [0, 0.05) is 14.9 Å². The first-order chi connectivity index (χ1) is 8.31. The van der Waals surface area contributed by atoms with Gasteiger partial charge in [0.25, 0.3) is 0 Å². The number of hydrogen-bond donors (Lipinski definition) is 0. The Morgan fingerprint density at radius 3 is 2.67 bits per heavy atom. The highest BCUT2D eigenvalue weighted by Gasteiger charge is 2.16. The third kappa shape index (κ3) is 5.23. The van der Waals surface area contributed by atoms with Crippen molar-refractivity contribution in [1.82, 2.24) is 0 Å². The number of ether oxygens (including phenoxy) is 1. The van der Waals surface area contributed by atoms with Crippen molar-refractivity contribution in [3.05, 3.63) is 28.2 Å². The molecule has 0 saturated carbocycles. The molecule has 98 valence electrons. The summed E-state index contributed by atoms with van der Waals surface area (Å²) in [6, 6.07) is 5.33. The summed E-state index contributed by atoms with van der Waals surface area (Å²) >= 11 is 4.63. The summed E-state index contributed by atoms with van der Waals surface area (Å²) in [6.45, 7) is 5.47. The molecule has 0 atom stereocenters. The van der Waals surface area contributed by atoms with Crippen molar-refractivity contribution < 1.29 is 14.3 Å². The Morgan fingerprint density at radius 1 is 1.44 bits per heavy atom. The SMILES string of the molecule is CC(C)(C)OC(=O)CSc1cc(Br)ccc1C=O. The van der Waals surface area contributed by atoms with E-state index in [1.807, 2.05) is 26.8 Å². The molecular formula is C13H15BrO3S. The molecule has 0 aliphatic rings. The van der Waals surface area contributed by atoms with Gasteiger partial charge in [-0.1, -0.05) is 15.9 Å². The van der Waals surface area contributed by atoms with Crippen molar-refractivity contribution in [2.45, 2.75) is 31.3 Å². The third-order valence-corrected chi connectivity index (χ3v) is 3.41. The fourth-order valence-corrected chi connectivity index (χ4v) is 2.58.